The maximum atomic E-state index is 12.9. The second kappa shape index (κ2) is 9.21. The highest BCUT2D eigenvalue weighted by Gasteiger charge is 2.40. The summed E-state index contributed by atoms with van der Waals surface area (Å²) in [6.07, 6.45) is 0. The van der Waals surface area contributed by atoms with Gasteiger partial charge in [-0.05, 0) is 31.5 Å². The molecule has 0 N–H and O–H groups in total. The number of methoxy groups -OCH3 is 1. The van der Waals surface area contributed by atoms with E-state index in [1.54, 1.807) is 44.2 Å². The first-order valence-corrected chi connectivity index (χ1v) is 9.53. The summed E-state index contributed by atoms with van der Waals surface area (Å²) in [4.78, 5) is 36.4. The van der Waals surface area contributed by atoms with E-state index in [-0.39, 0.29) is 23.6 Å². The van der Waals surface area contributed by atoms with Crippen LogP contribution in [0.15, 0.2) is 71.0 Å². The van der Waals surface area contributed by atoms with Crippen LogP contribution in [0.2, 0.25) is 0 Å². The smallest absolute Gasteiger partial charge is 0.355 e. The number of benzene rings is 2. The molecule has 9 heteroatoms. The van der Waals surface area contributed by atoms with E-state index in [4.69, 9.17) is 9.47 Å². The molecule has 160 valence electrons. The number of rotatable bonds is 6. The lowest BCUT2D eigenvalue weighted by Gasteiger charge is -2.32. The zero-order chi connectivity index (χ0) is 22.5. The SMILES string of the molecule is CCOC(=O)C1=NN(c2ccccc2)C(C)=C(C(=O)OC)C1c1cccc([N+](=O)[O-])c1. The normalized spacial score (nSPS) is 15.9. The molecule has 0 radical (unpaired) electrons. The van der Waals surface area contributed by atoms with E-state index < -0.39 is 22.8 Å². The van der Waals surface area contributed by atoms with E-state index in [0.29, 0.717) is 16.9 Å². The number of carbonyl (C=O) groups excluding carboxylic acids is 2. The van der Waals surface area contributed by atoms with Crippen LogP contribution in [0.25, 0.3) is 0 Å². The number of hydrogen-bond acceptors (Lipinski definition) is 8. The monoisotopic (exact) mass is 423 g/mol. The number of nitrogens with zero attached hydrogens (tertiary/aromatic N) is 3. The van der Waals surface area contributed by atoms with Crippen LogP contribution in [0.4, 0.5) is 11.4 Å². The van der Waals surface area contributed by atoms with Gasteiger partial charge in [-0.3, -0.25) is 10.1 Å². The third kappa shape index (κ3) is 4.30. The molecule has 2 aromatic carbocycles. The minimum absolute atomic E-state index is 0.0720. The lowest BCUT2D eigenvalue weighted by atomic mass is 9.84. The van der Waals surface area contributed by atoms with Gasteiger partial charge in [0.2, 0.25) is 0 Å². The van der Waals surface area contributed by atoms with Gasteiger partial charge in [-0.1, -0.05) is 30.3 Å². The van der Waals surface area contributed by atoms with Gasteiger partial charge in [0.1, 0.15) is 0 Å². The first-order chi connectivity index (χ1) is 14.9. The Morgan fingerprint density at radius 1 is 1.13 bits per heavy atom. The second-order valence-corrected chi connectivity index (χ2v) is 6.63. The zero-order valence-corrected chi connectivity index (χ0v) is 17.3. The van der Waals surface area contributed by atoms with Gasteiger partial charge in [-0.2, -0.15) is 5.10 Å². The molecule has 1 heterocycles. The highest BCUT2D eigenvalue weighted by Crippen LogP contribution is 2.38. The number of allylic oxidation sites excluding steroid dienone is 1. The van der Waals surface area contributed by atoms with Crippen molar-refractivity contribution in [2.75, 3.05) is 18.7 Å². The van der Waals surface area contributed by atoms with E-state index >= 15 is 0 Å². The Kier molecular flexibility index (Phi) is 6.44. The van der Waals surface area contributed by atoms with Crippen molar-refractivity contribution in [1.29, 1.82) is 0 Å². The molecule has 1 aliphatic rings. The minimum Gasteiger partial charge on any atom is -0.466 e. The Balaban J connectivity index is 2.26. The fourth-order valence-electron chi connectivity index (χ4n) is 3.40. The highest BCUT2D eigenvalue weighted by atomic mass is 16.6. The van der Waals surface area contributed by atoms with Crippen molar-refractivity contribution >= 4 is 29.0 Å². The van der Waals surface area contributed by atoms with Crippen LogP contribution in [0.1, 0.15) is 25.3 Å². The molecule has 0 amide bonds. The number of para-hydroxylation sites is 1. The molecule has 1 aliphatic heterocycles. The van der Waals surface area contributed by atoms with Gasteiger partial charge in [-0.15, -0.1) is 0 Å². The number of anilines is 1. The van der Waals surface area contributed by atoms with Crippen LogP contribution in [0, 0.1) is 10.1 Å². The van der Waals surface area contributed by atoms with Crippen molar-refractivity contribution in [3.63, 3.8) is 0 Å². The molecular formula is C22H21N3O6. The first kappa shape index (κ1) is 21.7. The lowest BCUT2D eigenvalue weighted by molar-refractivity contribution is -0.384. The zero-order valence-electron chi connectivity index (χ0n) is 17.3. The number of esters is 2. The van der Waals surface area contributed by atoms with Gasteiger partial charge in [0, 0.05) is 12.1 Å². The molecule has 3 rings (SSSR count). The minimum atomic E-state index is -0.994. The topological polar surface area (TPSA) is 111 Å². The highest BCUT2D eigenvalue weighted by molar-refractivity contribution is 6.41. The molecule has 0 bridgehead atoms. The molecule has 2 aromatic rings. The number of hydrazone groups is 1. The maximum Gasteiger partial charge on any atom is 0.355 e. The van der Waals surface area contributed by atoms with E-state index in [1.807, 2.05) is 6.07 Å². The quantitative estimate of drug-likeness (QED) is 0.397. The van der Waals surface area contributed by atoms with Gasteiger partial charge in [0.05, 0.1) is 41.5 Å². The summed E-state index contributed by atoms with van der Waals surface area (Å²) in [5, 5.41) is 17.3. The Bertz CT molecular complexity index is 1080. The Morgan fingerprint density at radius 2 is 1.84 bits per heavy atom. The van der Waals surface area contributed by atoms with Crippen LogP contribution in [-0.2, 0) is 19.1 Å². The summed E-state index contributed by atoms with van der Waals surface area (Å²) < 4.78 is 10.2. The van der Waals surface area contributed by atoms with E-state index in [2.05, 4.69) is 5.10 Å². The van der Waals surface area contributed by atoms with Gasteiger partial charge < -0.3 is 9.47 Å². The first-order valence-electron chi connectivity index (χ1n) is 9.53. The van der Waals surface area contributed by atoms with Crippen molar-refractivity contribution in [1.82, 2.24) is 0 Å². The number of nitro benzene ring substituents is 1. The maximum absolute atomic E-state index is 12.9. The number of hydrogen-bond donors (Lipinski definition) is 0. The van der Waals surface area contributed by atoms with Gasteiger partial charge in [-0.25, -0.2) is 14.6 Å². The predicted octanol–water partition coefficient (Wildman–Crippen LogP) is 3.56. The fraction of sp³-hybridized carbons (Fsp3) is 0.227. The summed E-state index contributed by atoms with van der Waals surface area (Å²) in [7, 11) is 1.23. The van der Waals surface area contributed by atoms with Gasteiger partial charge >= 0.3 is 11.9 Å². The summed E-state index contributed by atoms with van der Waals surface area (Å²) >= 11 is 0. The Labute approximate surface area is 178 Å². The third-order valence-electron chi connectivity index (χ3n) is 4.78. The number of carbonyl (C=O) groups is 2. The standard InChI is InChI=1S/C22H21N3O6/c1-4-31-22(27)20-19(15-9-8-12-17(13-15)25(28)29)18(21(26)30-3)14(2)24(23-20)16-10-6-5-7-11-16/h5-13,19H,4H2,1-3H3. The van der Waals surface area contributed by atoms with E-state index in [1.165, 1.54) is 30.3 Å². The molecule has 0 aliphatic carbocycles. The van der Waals surface area contributed by atoms with E-state index in [9.17, 15) is 19.7 Å². The summed E-state index contributed by atoms with van der Waals surface area (Å²) in [6.45, 7) is 3.43. The number of nitro groups is 1. The third-order valence-corrected chi connectivity index (χ3v) is 4.78. The van der Waals surface area contributed by atoms with Crippen LogP contribution in [0.5, 0.6) is 0 Å². The average Bonchev–Trinajstić information content (AvgIpc) is 2.79. The summed E-state index contributed by atoms with van der Waals surface area (Å²) in [5.41, 5.74) is 1.31. The molecule has 0 aromatic heterocycles. The molecule has 0 saturated heterocycles. The molecule has 0 saturated carbocycles. The molecular weight excluding hydrogens is 402 g/mol. The summed E-state index contributed by atoms with van der Waals surface area (Å²) in [6, 6.07) is 14.7. The van der Waals surface area contributed by atoms with Crippen LogP contribution in [0.3, 0.4) is 0 Å². The Morgan fingerprint density at radius 3 is 2.45 bits per heavy atom. The van der Waals surface area contributed by atoms with Crippen LogP contribution >= 0.6 is 0 Å². The van der Waals surface area contributed by atoms with Crippen molar-refractivity contribution in [2.24, 2.45) is 5.10 Å². The second-order valence-electron chi connectivity index (χ2n) is 6.63. The average molecular weight is 423 g/mol. The number of non-ortho nitro benzene ring substituents is 1. The largest absolute Gasteiger partial charge is 0.466 e. The van der Waals surface area contributed by atoms with Gasteiger partial charge in [0.15, 0.2) is 5.71 Å². The molecule has 1 atom stereocenters. The van der Waals surface area contributed by atoms with E-state index in [0.717, 1.165) is 0 Å². The van der Waals surface area contributed by atoms with Crippen molar-refractivity contribution in [2.45, 2.75) is 19.8 Å². The molecule has 1 unspecified atom stereocenters. The van der Waals surface area contributed by atoms with Crippen LogP contribution < -0.4 is 5.01 Å². The molecule has 0 fully saturated rings. The molecule has 9 nitrogen and oxygen atoms in total. The predicted molar refractivity (Wildman–Crippen MR) is 114 cm³/mol. The van der Waals surface area contributed by atoms with Crippen molar-refractivity contribution < 1.29 is 24.0 Å². The number of ether oxygens (including phenoxy) is 2. The van der Waals surface area contributed by atoms with Crippen LogP contribution in [-0.4, -0.2) is 36.3 Å². The van der Waals surface area contributed by atoms with Crippen molar-refractivity contribution in [3.8, 4) is 0 Å². The fourth-order valence-corrected chi connectivity index (χ4v) is 3.40. The molecule has 31 heavy (non-hydrogen) atoms. The lowest BCUT2D eigenvalue weighted by Crippen LogP contribution is -2.37. The van der Waals surface area contributed by atoms with Crippen molar-refractivity contribution in [3.05, 3.63) is 81.5 Å². The Hall–Kier alpha value is -4.01. The molecule has 0 spiro atoms. The van der Waals surface area contributed by atoms with Gasteiger partial charge in [0.25, 0.3) is 5.69 Å². The summed E-state index contributed by atoms with van der Waals surface area (Å²) in [5.74, 6) is -2.40.